The zero-order valence-electron chi connectivity index (χ0n) is 16.1. The maximum atomic E-state index is 13.3. The molecule has 5 nitrogen and oxygen atoms in total. The van der Waals surface area contributed by atoms with E-state index in [4.69, 9.17) is 16.6 Å². The first-order chi connectivity index (χ1) is 14.6. The van der Waals surface area contributed by atoms with Gasteiger partial charge in [-0.1, -0.05) is 53.2 Å². The van der Waals surface area contributed by atoms with Crippen LogP contribution in [0.15, 0.2) is 72.8 Å². The highest BCUT2D eigenvalue weighted by Gasteiger charge is 2.17. The van der Waals surface area contributed by atoms with Crippen molar-refractivity contribution in [1.29, 1.82) is 0 Å². The van der Waals surface area contributed by atoms with E-state index in [0.29, 0.717) is 22.2 Å². The molecule has 3 aromatic carbocycles. The molecule has 30 heavy (non-hydrogen) atoms. The van der Waals surface area contributed by atoms with Gasteiger partial charge in [0.2, 0.25) is 0 Å². The SMILES string of the molecule is CC(Nc1nc2c(-c3cccc(Cl)c3)nnn2c2ccccc12)c1ccc(F)cc1. The minimum Gasteiger partial charge on any atom is -0.363 e. The highest BCUT2D eigenvalue weighted by atomic mass is 35.5. The summed E-state index contributed by atoms with van der Waals surface area (Å²) in [5.41, 5.74) is 3.98. The van der Waals surface area contributed by atoms with E-state index < -0.39 is 0 Å². The lowest BCUT2D eigenvalue weighted by atomic mass is 10.1. The molecular formula is C23H17ClFN5. The van der Waals surface area contributed by atoms with Crippen LogP contribution in [0.5, 0.6) is 0 Å². The summed E-state index contributed by atoms with van der Waals surface area (Å²) in [6, 6.07) is 21.7. The van der Waals surface area contributed by atoms with Crippen LogP contribution in [0.1, 0.15) is 18.5 Å². The van der Waals surface area contributed by atoms with Crippen LogP contribution in [0.4, 0.5) is 10.2 Å². The predicted molar refractivity (Wildman–Crippen MR) is 117 cm³/mol. The van der Waals surface area contributed by atoms with Crippen LogP contribution in [0.25, 0.3) is 27.8 Å². The molecular weight excluding hydrogens is 401 g/mol. The van der Waals surface area contributed by atoms with Crippen molar-refractivity contribution in [2.45, 2.75) is 13.0 Å². The van der Waals surface area contributed by atoms with Crippen molar-refractivity contribution >= 4 is 34.0 Å². The summed E-state index contributed by atoms with van der Waals surface area (Å²) in [4.78, 5) is 4.86. The predicted octanol–water partition coefficient (Wildman–Crippen LogP) is 5.91. The minimum atomic E-state index is -0.257. The van der Waals surface area contributed by atoms with Crippen molar-refractivity contribution in [3.8, 4) is 11.3 Å². The Morgan fingerprint density at radius 2 is 1.80 bits per heavy atom. The van der Waals surface area contributed by atoms with Crippen LogP contribution < -0.4 is 5.32 Å². The summed E-state index contributed by atoms with van der Waals surface area (Å²) >= 11 is 6.17. The number of para-hydroxylation sites is 1. The Kier molecular flexibility index (Phi) is 4.56. The zero-order chi connectivity index (χ0) is 20.7. The largest absolute Gasteiger partial charge is 0.363 e. The third-order valence-electron chi connectivity index (χ3n) is 5.07. The smallest absolute Gasteiger partial charge is 0.186 e. The first-order valence-corrected chi connectivity index (χ1v) is 9.90. The monoisotopic (exact) mass is 417 g/mol. The Morgan fingerprint density at radius 1 is 1.00 bits per heavy atom. The van der Waals surface area contributed by atoms with Gasteiger partial charge in [-0.25, -0.2) is 9.37 Å². The molecule has 7 heteroatoms. The molecule has 1 N–H and O–H groups in total. The van der Waals surface area contributed by atoms with Gasteiger partial charge in [0.05, 0.1) is 5.52 Å². The maximum Gasteiger partial charge on any atom is 0.186 e. The molecule has 0 fully saturated rings. The molecule has 5 aromatic rings. The molecule has 148 valence electrons. The van der Waals surface area contributed by atoms with Crippen LogP contribution in [-0.2, 0) is 0 Å². The lowest BCUT2D eigenvalue weighted by Crippen LogP contribution is -2.09. The quantitative estimate of drug-likeness (QED) is 0.395. The Hall–Kier alpha value is -3.51. The van der Waals surface area contributed by atoms with E-state index in [2.05, 4.69) is 15.6 Å². The highest BCUT2D eigenvalue weighted by molar-refractivity contribution is 6.30. The highest BCUT2D eigenvalue weighted by Crippen LogP contribution is 2.30. The summed E-state index contributed by atoms with van der Waals surface area (Å²) in [5, 5.41) is 13.7. The molecule has 0 aliphatic heterocycles. The first-order valence-electron chi connectivity index (χ1n) is 9.52. The average Bonchev–Trinajstić information content (AvgIpc) is 3.18. The molecule has 0 saturated carbocycles. The molecule has 1 atom stereocenters. The van der Waals surface area contributed by atoms with E-state index in [-0.39, 0.29) is 11.9 Å². The average molecular weight is 418 g/mol. The van der Waals surface area contributed by atoms with Gasteiger partial charge in [0, 0.05) is 22.0 Å². The minimum absolute atomic E-state index is 0.0746. The summed E-state index contributed by atoms with van der Waals surface area (Å²) in [5.74, 6) is 0.452. The van der Waals surface area contributed by atoms with Gasteiger partial charge < -0.3 is 5.32 Å². The van der Waals surface area contributed by atoms with E-state index in [1.54, 1.807) is 16.6 Å². The fourth-order valence-corrected chi connectivity index (χ4v) is 3.73. The van der Waals surface area contributed by atoms with Gasteiger partial charge in [-0.3, -0.25) is 0 Å². The number of nitrogens with zero attached hydrogens (tertiary/aromatic N) is 4. The van der Waals surface area contributed by atoms with Crippen molar-refractivity contribution in [3.05, 3.63) is 89.2 Å². The van der Waals surface area contributed by atoms with E-state index in [9.17, 15) is 4.39 Å². The van der Waals surface area contributed by atoms with Crippen LogP contribution in [0.3, 0.4) is 0 Å². The molecule has 0 bridgehead atoms. The third-order valence-corrected chi connectivity index (χ3v) is 5.31. The van der Waals surface area contributed by atoms with Gasteiger partial charge in [0.1, 0.15) is 17.3 Å². The lowest BCUT2D eigenvalue weighted by Gasteiger charge is -2.17. The second-order valence-corrected chi connectivity index (χ2v) is 7.52. The second-order valence-electron chi connectivity index (χ2n) is 7.08. The molecule has 0 aliphatic rings. The maximum absolute atomic E-state index is 13.3. The van der Waals surface area contributed by atoms with Crippen LogP contribution in [-0.4, -0.2) is 19.8 Å². The summed E-state index contributed by atoms with van der Waals surface area (Å²) in [6.45, 7) is 2.01. The van der Waals surface area contributed by atoms with Crippen molar-refractivity contribution < 1.29 is 4.39 Å². The molecule has 0 saturated heterocycles. The number of benzene rings is 3. The Bertz CT molecular complexity index is 1360. The summed E-state index contributed by atoms with van der Waals surface area (Å²) in [6.07, 6.45) is 0. The Balaban J connectivity index is 1.66. The number of fused-ring (bicyclic) bond motifs is 3. The van der Waals surface area contributed by atoms with Crippen molar-refractivity contribution in [1.82, 2.24) is 19.8 Å². The first kappa shape index (κ1) is 18.5. The number of aromatic nitrogens is 4. The van der Waals surface area contributed by atoms with Gasteiger partial charge in [-0.2, -0.15) is 4.52 Å². The molecule has 2 aromatic heterocycles. The van der Waals surface area contributed by atoms with Crippen LogP contribution >= 0.6 is 11.6 Å². The van der Waals surface area contributed by atoms with Crippen molar-refractivity contribution in [2.75, 3.05) is 5.32 Å². The number of hydrogen-bond acceptors (Lipinski definition) is 4. The number of hydrogen-bond donors (Lipinski definition) is 1. The van der Waals surface area contributed by atoms with Gasteiger partial charge in [-0.05, 0) is 48.9 Å². The third kappa shape index (κ3) is 3.25. The molecule has 1 unspecified atom stereocenters. The standard InChI is InChI=1S/C23H17ClFN5/c1-14(15-9-11-18(25)12-10-15)26-22-19-7-2-3-8-20(19)30-23(27-22)21(28-29-30)16-5-4-6-17(24)13-16/h2-14H,1H3,(H,26,27). The normalized spacial score (nSPS) is 12.4. The molecule has 0 amide bonds. The van der Waals surface area contributed by atoms with E-state index in [1.807, 2.05) is 55.5 Å². The van der Waals surface area contributed by atoms with Gasteiger partial charge in [-0.15, -0.1) is 5.10 Å². The van der Waals surface area contributed by atoms with E-state index >= 15 is 0 Å². The lowest BCUT2D eigenvalue weighted by molar-refractivity contribution is 0.626. The number of halogens is 2. The van der Waals surface area contributed by atoms with Crippen molar-refractivity contribution in [3.63, 3.8) is 0 Å². The number of nitrogens with one attached hydrogen (secondary N) is 1. The topological polar surface area (TPSA) is 55.1 Å². The molecule has 0 spiro atoms. The number of anilines is 1. The van der Waals surface area contributed by atoms with Gasteiger partial charge in [0.15, 0.2) is 5.65 Å². The fourth-order valence-electron chi connectivity index (χ4n) is 3.54. The van der Waals surface area contributed by atoms with E-state index in [0.717, 1.165) is 22.0 Å². The Morgan fingerprint density at radius 3 is 2.60 bits per heavy atom. The van der Waals surface area contributed by atoms with Gasteiger partial charge >= 0.3 is 0 Å². The molecule has 0 radical (unpaired) electrons. The zero-order valence-corrected chi connectivity index (χ0v) is 16.8. The van der Waals surface area contributed by atoms with Crippen LogP contribution in [0, 0.1) is 5.82 Å². The molecule has 0 aliphatic carbocycles. The molecule has 2 heterocycles. The number of rotatable bonds is 4. The molecule has 5 rings (SSSR count). The van der Waals surface area contributed by atoms with Crippen molar-refractivity contribution in [2.24, 2.45) is 0 Å². The summed E-state index contributed by atoms with van der Waals surface area (Å²) in [7, 11) is 0. The fraction of sp³-hybridized carbons (Fsp3) is 0.0870. The van der Waals surface area contributed by atoms with Crippen LogP contribution in [0.2, 0.25) is 5.02 Å². The van der Waals surface area contributed by atoms with E-state index in [1.165, 1.54) is 12.1 Å². The second kappa shape index (κ2) is 7.39. The van der Waals surface area contributed by atoms with Gasteiger partial charge in [0.25, 0.3) is 0 Å². The Labute approximate surface area is 177 Å². The summed E-state index contributed by atoms with van der Waals surface area (Å²) < 4.78 is 15.0.